The molecule has 1 amide bonds. The summed E-state index contributed by atoms with van der Waals surface area (Å²) in [7, 11) is 4.82. The van der Waals surface area contributed by atoms with Crippen LogP contribution in [0.2, 0.25) is 0 Å². The van der Waals surface area contributed by atoms with Crippen LogP contribution >= 0.6 is 0 Å². The van der Waals surface area contributed by atoms with Crippen molar-refractivity contribution in [1.82, 2.24) is 19.5 Å². The molecular formula is C41H41N5O8. The molecule has 1 aliphatic heterocycles. The Morgan fingerprint density at radius 3 is 2.02 bits per heavy atom. The monoisotopic (exact) mass is 731 g/mol. The number of aliphatic hydroxyl groups excluding tert-OH is 1. The molecule has 3 heterocycles. The largest absolute Gasteiger partial charge is 0.497 e. The highest BCUT2D eigenvalue weighted by Crippen LogP contribution is 2.43. The number of aromatic nitrogens is 4. The van der Waals surface area contributed by atoms with Crippen molar-refractivity contribution in [2.45, 2.75) is 30.1 Å². The van der Waals surface area contributed by atoms with E-state index in [0.717, 1.165) is 16.7 Å². The average Bonchev–Trinajstić information content (AvgIpc) is 3.80. The molecule has 1 aliphatic rings. The van der Waals surface area contributed by atoms with E-state index in [2.05, 4.69) is 20.3 Å². The van der Waals surface area contributed by atoms with E-state index >= 15 is 0 Å². The molecule has 6 aromatic rings. The smallest absolute Gasteiger partial charge is 0.256 e. The second-order valence-electron chi connectivity index (χ2n) is 12.6. The third kappa shape index (κ3) is 7.27. The molecule has 278 valence electrons. The van der Waals surface area contributed by atoms with Gasteiger partial charge in [0, 0.05) is 12.7 Å². The maximum Gasteiger partial charge on any atom is 0.256 e. The van der Waals surface area contributed by atoms with Crippen LogP contribution in [0.5, 0.6) is 11.5 Å². The molecule has 2 N–H and O–H groups in total. The molecule has 1 saturated heterocycles. The molecule has 0 saturated carbocycles. The van der Waals surface area contributed by atoms with Crippen LogP contribution < -0.4 is 14.8 Å². The van der Waals surface area contributed by atoms with Crippen LogP contribution in [-0.4, -0.2) is 90.0 Å². The van der Waals surface area contributed by atoms with Crippen molar-refractivity contribution in [3.05, 3.63) is 144 Å². The Bertz CT molecular complexity index is 2080. The van der Waals surface area contributed by atoms with Crippen molar-refractivity contribution in [1.29, 1.82) is 0 Å². The fourth-order valence-electron chi connectivity index (χ4n) is 6.71. The van der Waals surface area contributed by atoms with Crippen LogP contribution in [0.1, 0.15) is 33.3 Å². The minimum Gasteiger partial charge on any atom is -0.497 e. The van der Waals surface area contributed by atoms with Crippen molar-refractivity contribution >= 4 is 22.9 Å². The third-order valence-corrected chi connectivity index (χ3v) is 9.45. The van der Waals surface area contributed by atoms with Crippen molar-refractivity contribution < 1.29 is 38.3 Å². The number of anilines is 1. The van der Waals surface area contributed by atoms with Gasteiger partial charge < -0.3 is 38.8 Å². The predicted molar refractivity (Wildman–Crippen MR) is 200 cm³/mol. The van der Waals surface area contributed by atoms with Gasteiger partial charge in [-0.25, -0.2) is 15.0 Å². The zero-order valence-corrected chi connectivity index (χ0v) is 30.1. The number of rotatable bonds is 15. The van der Waals surface area contributed by atoms with Crippen LogP contribution in [0.3, 0.4) is 0 Å². The van der Waals surface area contributed by atoms with E-state index in [9.17, 15) is 9.90 Å². The van der Waals surface area contributed by atoms with Crippen molar-refractivity contribution in [2.24, 2.45) is 0 Å². The molecule has 13 heteroatoms. The Balaban J connectivity index is 1.24. The number of aliphatic hydroxyl groups is 1. The van der Waals surface area contributed by atoms with Gasteiger partial charge in [0.25, 0.3) is 5.91 Å². The second-order valence-corrected chi connectivity index (χ2v) is 12.6. The van der Waals surface area contributed by atoms with E-state index in [4.69, 9.17) is 28.4 Å². The first kappa shape index (κ1) is 36.6. The number of fused-ring (bicyclic) bond motifs is 1. The summed E-state index contributed by atoms with van der Waals surface area (Å²) in [6.07, 6.45) is -0.866. The number of carbonyl (C=O) groups excluding carboxylic acids is 1. The van der Waals surface area contributed by atoms with Gasteiger partial charge in [-0.3, -0.25) is 9.36 Å². The summed E-state index contributed by atoms with van der Waals surface area (Å²) in [6.45, 7) is 0.442. The number of nitrogens with one attached hydrogen (secondary N) is 1. The number of carbonyl (C=O) groups is 1. The molecule has 4 aromatic carbocycles. The summed E-state index contributed by atoms with van der Waals surface area (Å²) in [5.41, 5.74) is 2.57. The normalized spacial score (nSPS) is 18.4. The van der Waals surface area contributed by atoms with Gasteiger partial charge in [0.15, 0.2) is 23.2 Å². The number of imidazole rings is 1. The van der Waals surface area contributed by atoms with E-state index in [1.165, 1.54) is 12.7 Å². The lowest BCUT2D eigenvalue weighted by molar-refractivity contribution is -0.0970. The Kier molecular flexibility index (Phi) is 11.2. The lowest BCUT2D eigenvalue weighted by Crippen LogP contribution is -2.40. The summed E-state index contributed by atoms with van der Waals surface area (Å²) in [6, 6.07) is 34.1. The first-order valence-electron chi connectivity index (χ1n) is 17.4. The van der Waals surface area contributed by atoms with Crippen LogP contribution in [0.25, 0.3) is 11.2 Å². The number of amides is 1. The lowest BCUT2D eigenvalue weighted by atomic mass is 9.80. The van der Waals surface area contributed by atoms with Gasteiger partial charge in [-0.2, -0.15) is 0 Å². The first-order chi connectivity index (χ1) is 26.5. The van der Waals surface area contributed by atoms with Gasteiger partial charge >= 0.3 is 0 Å². The van der Waals surface area contributed by atoms with E-state index in [1.54, 1.807) is 50.2 Å². The van der Waals surface area contributed by atoms with E-state index in [1.807, 2.05) is 84.9 Å². The van der Waals surface area contributed by atoms with Gasteiger partial charge in [0.1, 0.15) is 41.7 Å². The van der Waals surface area contributed by atoms with E-state index in [-0.39, 0.29) is 24.9 Å². The maximum absolute atomic E-state index is 13.0. The SMILES string of the molecule is COCCO[C@@H]1[C@H](O)[C@H](COC(c2ccccc2)(c2ccc(OC)cc2)c2ccc(OC)cc2)O[C@H]1n1cnc2c(NC(=O)c3ccccc3)ncnc21. The highest BCUT2D eigenvalue weighted by molar-refractivity contribution is 6.06. The Labute approximate surface area is 312 Å². The standard InChI is InChI=1S/C41H41N5O8/c1-49-22-23-52-36-35(47)33(54-40(36)46-26-44-34-37(42-25-43-38(34)46)45-39(48)27-10-6-4-7-11-27)24-53-41(28-12-8-5-9-13-28,29-14-18-31(50-2)19-15-29)30-16-20-32(51-3)21-17-30/h4-21,25-26,33,35-36,40,47H,22-24H2,1-3H3,(H,42,43,45,48)/t33-,35+,36+,40+/m0/s1. The van der Waals surface area contributed by atoms with Crippen molar-refractivity contribution in [3.63, 3.8) is 0 Å². The van der Waals surface area contributed by atoms with Crippen LogP contribution in [0, 0.1) is 0 Å². The third-order valence-electron chi connectivity index (χ3n) is 9.45. The molecule has 7 rings (SSSR count). The zero-order chi connectivity index (χ0) is 37.5. The number of ether oxygens (including phenoxy) is 6. The van der Waals surface area contributed by atoms with Crippen LogP contribution in [0.15, 0.2) is 122 Å². The summed E-state index contributed by atoms with van der Waals surface area (Å²) < 4.78 is 37.8. The molecule has 0 aliphatic carbocycles. The van der Waals surface area contributed by atoms with Gasteiger partial charge in [-0.05, 0) is 53.1 Å². The molecule has 2 aromatic heterocycles. The summed E-state index contributed by atoms with van der Waals surface area (Å²) in [4.78, 5) is 26.3. The van der Waals surface area contributed by atoms with E-state index in [0.29, 0.717) is 34.8 Å². The Morgan fingerprint density at radius 2 is 1.41 bits per heavy atom. The number of nitrogens with zero attached hydrogens (tertiary/aromatic N) is 4. The highest BCUT2D eigenvalue weighted by atomic mass is 16.6. The maximum atomic E-state index is 13.0. The predicted octanol–water partition coefficient (Wildman–Crippen LogP) is 5.39. The molecule has 4 atom stereocenters. The number of methoxy groups -OCH3 is 3. The van der Waals surface area contributed by atoms with Gasteiger partial charge in [-0.1, -0.05) is 72.8 Å². The molecule has 0 radical (unpaired) electrons. The summed E-state index contributed by atoms with van der Waals surface area (Å²) >= 11 is 0. The minimum atomic E-state index is -1.14. The van der Waals surface area contributed by atoms with Gasteiger partial charge in [0.2, 0.25) is 0 Å². The van der Waals surface area contributed by atoms with Crippen molar-refractivity contribution in [3.8, 4) is 11.5 Å². The highest BCUT2D eigenvalue weighted by Gasteiger charge is 2.48. The van der Waals surface area contributed by atoms with Gasteiger partial charge in [0.05, 0.1) is 40.4 Å². The number of hydrogen-bond acceptors (Lipinski definition) is 11. The van der Waals surface area contributed by atoms with E-state index < -0.39 is 30.1 Å². The topological polar surface area (TPSA) is 148 Å². The molecule has 54 heavy (non-hydrogen) atoms. The van der Waals surface area contributed by atoms with Crippen LogP contribution in [0.4, 0.5) is 5.82 Å². The summed E-state index contributed by atoms with van der Waals surface area (Å²) in [5.74, 6) is 1.28. The Hall–Kier alpha value is -5.70. The fourth-order valence-corrected chi connectivity index (χ4v) is 6.71. The molecule has 0 unspecified atom stereocenters. The van der Waals surface area contributed by atoms with Gasteiger partial charge in [-0.15, -0.1) is 0 Å². The quantitative estimate of drug-likeness (QED) is 0.103. The Morgan fingerprint density at radius 1 is 0.796 bits per heavy atom. The molecule has 0 spiro atoms. The number of benzene rings is 4. The second kappa shape index (κ2) is 16.5. The van der Waals surface area contributed by atoms with Crippen LogP contribution in [-0.2, 0) is 24.5 Å². The molecule has 1 fully saturated rings. The molecule has 0 bridgehead atoms. The zero-order valence-electron chi connectivity index (χ0n) is 30.1. The fraction of sp³-hybridized carbons (Fsp3) is 0.268. The summed E-state index contributed by atoms with van der Waals surface area (Å²) in [5, 5.41) is 14.7. The number of hydrogen-bond donors (Lipinski definition) is 2. The lowest BCUT2D eigenvalue weighted by Gasteiger charge is -2.37. The molecular weight excluding hydrogens is 690 g/mol. The minimum absolute atomic E-state index is 0.0469. The molecule has 13 nitrogen and oxygen atoms in total. The first-order valence-corrected chi connectivity index (χ1v) is 17.4. The van der Waals surface area contributed by atoms with Crippen molar-refractivity contribution in [2.75, 3.05) is 46.5 Å². The average molecular weight is 732 g/mol.